The van der Waals surface area contributed by atoms with Gasteiger partial charge in [-0.3, -0.25) is 19.3 Å². The summed E-state index contributed by atoms with van der Waals surface area (Å²) >= 11 is 0. The minimum Gasteiger partial charge on any atom is -0.370 e. The van der Waals surface area contributed by atoms with Crippen LogP contribution in [0.4, 0.5) is 24.5 Å². The van der Waals surface area contributed by atoms with Crippen LogP contribution >= 0.6 is 0 Å². The molecular weight excluding hydrogens is 369 g/mol. The first-order valence-electron chi connectivity index (χ1n) is 7.88. The summed E-state index contributed by atoms with van der Waals surface area (Å²) in [4.78, 5) is 37.7. The van der Waals surface area contributed by atoms with Gasteiger partial charge >= 0.3 is 6.18 Å². The number of rotatable bonds is 5. The third-order valence-corrected chi connectivity index (χ3v) is 3.88. The lowest BCUT2D eigenvalue weighted by Gasteiger charge is -2.29. The number of alkyl halides is 3. The fraction of sp³-hybridized carbons (Fsp3) is 0.438. The van der Waals surface area contributed by atoms with E-state index in [1.165, 1.54) is 25.1 Å². The molecule has 0 unspecified atom stereocenters. The van der Waals surface area contributed by atoms with Crippen molar-refractivity contribution in [2.24, 2.45) is 5.73 Å². The lowest BCUT2D eigenvalue weighted by atomic mass is 10.1. The summed E-state index contributed by atoms with van der Waals surface area (Å²) in [7, 11) is 2.87. The van der Waals surface area contributed by atoms with Crippen molar-refractivity contribution in [1.29, 1.82) is 0 Å². The van der Waals surface area contributed by atoms with E-state index in [4.69, 9.17) is 10.5 Å². The molecule has 0 saturated carbocycles. The molecule has 3 amide bonds. The number of hydrogen-bond acceptors (Lipinski definition) is 5. The molecule has 1 aliphatic heterocycles. The van der Waals surface area contributed by atoms with E-state index >= 15 is 0 Å². The third kappa shape index (κ3) is 4.74. The Hall–Kier alpha value is -2.66. The first-order chi connectivity index (χ1) is 12.5. The van der Waals surface area contributed by atoms with Crippen LogP contribution in [0.5, 0.6) is 0 Å². The normalized spacial score (nSPS) is 16.4. The maximum atomic E-state index is 13.5. The van der Waals surface area contributed by atoms with Crippen molar-refractivity contribution in [2.45, 2.75) is 12.2 Å². The van der Waals surface area contributed by atoms with Crippen molar-refractivity contribution in [3.63, 3.8) is 0 Å². The van der Waals surface area contributed by atoms with E-state index in [0.717, 1.165) is 11.0 Å². The number of morpholine rings is 1. The Morgan fingerprint density at radius 3 is 2.52 bits per heavy atom. The van der Waals surface area contributed by atoms with Gasteiger partial charge in [-0.05, 0) is 32.3 Å². The summed E-state index contributed by atoms with van der Waals surface area (Å²) in [5.41, 5.74) is 3.56. The quantitative estimate of drug-likeness (QED) is 0.712. The molecule has 3 N–H and O–H groups in total. The van der Waals surface area contributed by atoms with Gasteiger partial charge in [0, 0.05) is 12.2 Å². The Balaban J connectivity index is 2.36. The van der Waals surface area contributed by atoms with Gasteiger partial charge in [0.15, 0.2) is 6.04 Å². The fourth-order valence-electron chi connectivity index (χ4n) is 2.68. The number of halogens is 3. The summed E-state index contributed by atoms with van der Waals surface area (Å²) in [6.07, 6.45) is -4.76. The average Bonchev–Trinajstić information content (AvgIpc) is 2.54. The van der Waals surface area contributed by atoms with Crippen LogP contribution in [-0.2, 0) is 25.3 Å². The van der Waals surface area contributed by atoms with Crippen LogP contribution in [-0.4, -0.2) is 62.5 Å². The second-order valence-electron chi connectivity index (χ2n) is 6.09. The maximum absolute atomic E-state index is 13.5. The van der Waals surface area contributed by atoms with Crippen LogP contribution in [0.2, 0.25) is 0 Å². The molecule has 0 bridgehead atoms. The number of primary amides is 1. The van der Waals surface area contributed by atoms with Gasteiger partial charge in [-0.25, -0.2) is 0 Å². The van der Waals surface area contributed by atoms with Crippen LogP contribution in [0.1, 0.15) is 5.56 Å². The van der Waals surface area contributed by atoms with E-state index in [9.17, 15) is 27.6 Å². The zero-order valence-electron chi connectivity index (χ0n) is 14.7. The number of carbonyl (C=O) groups is 3. The van der Waals surface area contributed by atoms with Crippen LogP contribution in [0.25, 0.3) is 0 Å². The van der Waals surface area contributed by atoms with Gasteiger partial charge in [0.1, 0.15) is 6.61 Å². The van der Waals surface area contributed by atoms with E-state index in [1.54, 1.807) is 0 Å². The minimum atomic E-state index is -4.76. The predicted molar refractivity (Wildman–Crippen MR) is 89.9 cm³/mol. The molecule has 8 nitrogen and oxygen atoms in total. The summed E-state index contributed by atoms with van der Waals surface area (Å²) < 4.78 is 45.4. The number of ether oxygens (including phenoxy) is 1. The summed E-state index contributed by atoms with van der Waals surface area (Å²) in [5, 5.41) is 2.25. The molecule has 11 heteroatoms. The van der Waals surface area contributed by atoms with Crippen molar-refractivity contribution in [3.05, 3.63) is 23.8 Å². The van der Waals surface area contributed by atoms with Crippen LogP contribution in [0, 0.1) is 0 Å². The smallest absolute Gasteiger partial charge is 0.370 e. The molecule has 27 heavy (non-hydrogen) atoms. The molecule has 148 valence electrons. The summed E-state index contributed by atoms with van der Waals surface area (Å²) in [5.74, 6) is -2.40. The Bertz CT molecular complexity index is 752. The number of nitrogens with two attached hydrogens (primary N) is 1. The Morgan fingerprint density at radius 1 is 1.33 bits per heavy atom. The molecule has 1 heterocycles. The maximum Gasteiger partial charge on any atom is 0.418 e. The molecule has 1 aliphatic rings. The molecule has 0 aromatic heterocycles. The highest BCUT2D eigenvalue weighted by Gasteiger charge is 2.37. The monoisotopic (exact) mass is 388 g/mol. The van der Waals surface area contributed by atoms with Crippen molar-refractivity contribution < 1.29 is 32.3 Å². The van der Waals surface area contributed by atoms with Gasteiger partial charge in [-0.2, -0.15) is 13.2 Å². The Kier molecular flexibility index (Phi) is 6.06. The zero-order chi connectivity index (χ0) is 20.4. The standard InChI is InChI=1S/C16H19F3N4O4/c1-22(2)13(14(20)25)15(26)21-9-3-4-11(10(7-9)16(17,18)19)23-5-6-27-8-12(23)24/h3-4,7,13H,5-6,8H2,1-2H3,(H2,20,25)(H,21,26)/t13-/m1/s1. The molecule has 1 saturated heterocycles. The number of hydrogen-bond donors (Lipinski definition) is 2. The van der Waals surface area contributed by atoms with Crippen molar-refractivity contribution in [2.75, 3.05) is 44.1 Å². The first-order valence-corrected chi connectivity index (χ1v) is 7.88. The molecule has 1 aromatic rings. The average molecular weight is 388 g/mol. The lowest BCUT2D eigenvalue weighted by Crippen LogP contribution is -2.48. The minimum absolute atomic E-state index is 0.0159. The molecule has 1 atom stereocenters. The van der Waals surface area contributed by atoms with Crippen LogP contribution in [0.3, 0.4) is 0 Å². The molecule has 2 rings (SSSR count). The van der Waals surface area contributed by atoms with Gasteiger partial charge < -0.3 is 20.7 Å². The van der Waals surface area contributed by atoms with E-state index in [0.29, 0.717) is 6.07 Å². The third-order valence-electron chi connectivity index (χ3n) is 3.88. The largest absolute Gasteiger partial charge is 0.418 e. The number of carbonyl (C=O) groups excluding carboxylic acids is 3. The van der Waals surface area contributed by atoms with Gasteiger partial charge in [0.25, 0.3) is 11.8 Å². The van der Waals surface area contributed by atoms with E-state index in [2.05, 4.69) is 5.32 Å². The number of nitrogens with zero attached hydrogens (tertiary/aromatic N) is 2. The molecular formula is C16H19F3N4O4. The first kappa shape index (κ1) is 20.6. The van der Waals surface area contributed by atoms with Gasteiger partial charge in [0.05, 0.1) is 17.9 Å². The number of likely N-dealkylation sites (N-methyl/N-ethyl adjacent to an activating group) is 1. The van der Waals surface area contributed by atoms with Crippen LogP contribution < -0.4 is 16.0 Å². The zero-order valence-corrected chi connectivity index (χ0v) is 14.7. The van der Waals surface area contributed by atoms with Crippen LogP contribution in [0.15, 0.2) is 18.2 Å². The second-order valence-corrected chi connectivity index (χ2v) is 6.09. The number of nitrogens with one attached hydrogen (secondary N) is 1. The number of anilines is 2. The summed E-state index contributed by atoms with van der Waals surface area (Å²) in [6, 6.07) is 1.68. The Morgan fingerprint density at radius 2 is 2.00 bits per heavy atom. The number of amides is 3. The second kappa shape index (κ2) is 7.92. The highest BCUT2D eigenvalue weighted by atomic mass is 19.4. The SMILES string of the molecule is CN(C)[C@H](C(N)=O)C(=O)Nc1ccc(N2CCOCC2=O)c(C(F)(F)F)c1. The molecule has 0 radical (unpaired) electrons. The van der Waals surface area contributed by atoms with Gasteiger partial charge in [-0.1, -0.05) is 0 Å². The lowest BCUT2D eigenvalue weighted by molar-refractivity contribution is -0.137. The van der Waals surface area contributed by atoms with E-state index in [-0.39, 0.29) is 31.1 Å². The molecule has 0 aliphatic carbocycles. The molecule has 1 fully saturated rings. The highest BCUT2D eigenvalue weighted by molar-refractivity contribution is 6.09. The van der Waals surface area contributed by atoms with E-state index < -0.39 is 35.5 Å². The molecule has 0 spiro atoms. The van der Waals surface area contributed by atoms with Crippen molar-refractivity contribution in [3.8, 4) is 0 Å². The van der Waals surface area contributed by atoms with E-state index in [1.807, 2.05) is 0 Å². The highest BCUT2D eigenvalue weighted by Crippen LogP contribution is 2.38. The Labute approximate surface area is 153 Å². The van der Waals surface area contributed by atoms with Crippen molar-refractivity contribution >= 4 is 29.1 Å². The van der Waals surface area contributed by atoms with Crippen molar-refractivity contribution in [1.82, 2.24) is 4.90 Å². The van der Waals surface area contributed by atoms with Gasteiger partial charge in [-0.15, -0.1) is 0 Å². The fourth-order valence-corrected chi connectivity index (χ4v) is 2.68. The van der Waals surface area contributed by atoms with Gasteiger partial charge in [0.2, 0.25) is 5.91 Å². The summed E-state index contributed by atoms with van der Waals surface area (Å²) in [6.45, 7) is -0.207. The predicted octanol–water partition coefficient (Wildman–Crippen LogP) is 0.423. The topological polar surface area (TPSA) is 105 Å². The molecule has 1 aromatic carbocycles. The number of benzene rings is 1.